The molecule has 3 rings (SSSR count). The fourth-order valence-electron chi connectivity index (χ4n) is 3.23. The van der Waals surface area contributed by atoms with Crippen LogP contribution in [0.3, 0.4) is 0 Å². The van der Waals surface area contributed by atoms with Crippen LogP contribution in [-0.4, -0.2) is 57.3 Å². The smallest absolute Gasteiger partial charge is 0.328 e. The lowest BCUT2D eigenvalue weighted by atomic mass is 10.0. The van der Waals surface area contributed by atoms with Gasteiger partial charge < -0.3 is 19.8 Å². The lowest BCUT2D eigenvalue weighted by Gasteiger charge is -2.36. The van der Waals surface area contributed by atoms with Crippen LogP contribution >= 0.6 is 15.9 Å². The third-order valence-electron chi connectivity index (χ3n) is 4.40. The first-order valence-electron chi connectivity index (χ1n) is 8.00. The Labute approximate surface area is 154 Å². The zero-order chi connectivity index (χ0) is 18.4. The molecule has 0 aromatic carbocycles. The van der Waals surface area contributed by atoms with Gasteiger partial charge in [-0.05, 0) is 54.7 Å². The molecule has 1 aromatic heterocycles. The van der Waals surface area contributed by atoms with Gasteiger partial charge >= 0.3 is 11.9 Å². The molecule has 0 spiro atoms. The highest BCUT2D eigenvalue weighted by molar-refractivity contribution is 9.10. The summed E-state index contributed by atoms with van der Waals surface area (Å²) in [4.78, 5) is 26.0. The van der Waals surface area contributed by atoms with Gasteiger partial charge in [0.05, 0.1) is 0 Å². The molecule has 1 aromatic rings. The van der Waals surface area contributed by atoms with Crippen molar-refractivity contribution in [2.75, 3.05) is 7.05 Å². The lowest BCUT2D eigenvalue weighted by Crippen LogP contribution is -2.43. The summed E-state index contributed by atoms with van der Waals surface area (Å²) in [5, 5.41) is 15.6. The van der Waals surface area contributed by atoms with Gasteiger partial charge in [0.15, 0.2) is 0 Å². The van der Waals surface area contributed by atoms with Crippen molar-refractivity contribution in [3.63, 3.8) is 0 Å². The van der Waals surface area contributed by atoms with Crippen molar-refractivity contribution < 1.29 is 24.5 Å². The van der Waals surface area contributed by atoms with Gasteiger partial charge in [-0.2, -0.15) is 0 Å². The summed E-state index contributed by atoms with van der Waals surface area (Å²) >= 11 is 3.37. The molecule has 0 amide bonds. The minimum absolute atomic E-state index is 0.338. The molecule has 0 saturated carbocycles. The molecule has 136 valence electrons. The third-order valence-corrected chi connectivity index (χ3v) is 4.84. The summed E-state index contributed by atoms with van der Waals surface area (Å²) in [5.74, 6) is -1.77. The van der Waals surface area contributed by atoms with Crippen LogP contribution < -0.4 is 4.74 Å². The molecule has 7 nitrogen and oxygen atoms in total. The molecular weight excluding hydrogens is 392 g/mol. The molecule has 2 unspecified atom stereocenters. The van der Waals surface area contributed by atoms with Crippen LogP contribution in [0.2, 0.25) is 0 Å². The highest BCUT2D eigenvalue weighted by Gasteiger charge is 2.39. The number of piperidine rings is 1. The molecular formula is C17H21BrN2O5. The largest absolute Gasteiger partial charge is 0.478 e. The third kappa shape index (κ3) is 6.13. The minimum Gasteiger partial charge on any atom is -0.478 e. The maximum Gasteiger partial charge on any atom is 0.328 e. The molecule has 2 saturated heterocycles. The van der Waals surface area contributed by atoms with Crippen molar-refractivity contribution in [1.82, 2.24) is 9.88 Å². The first kappa shape index (κ1) is 19.4. The second-order valence-corrected chi connectivity index (χ2v) is 6.88. The summed E-state index contributed by atoms with van der Waals surface area (Å²) in [6, 6.07) is 7.25. The molecule has 2 aliphatic heterocycles. The first-order chi connectivity index (χ1) is 11.8. The number of carboxylic acid groups (broad SMARTS) is 2. The number of ether oxygens (including phenoxy) is 1. The molecule has 25 heavy (non-hydrogen) atoms. The van der Waals surface area contributed by atoms with E-state index in [2.05, 4.69) is 32.9 Å². The lowest BCUT2D eigenvalue weighted by molar-refractivity contribution is -0.134. The zero-order valence-corrected chi connectivity index (χ0v) is 15.4. The standard InChI is InChI=1S/C13H17BrN2O.C4H4O4/c1-16-9-5-6-10(16)8-11(7-9)17-13-4-2-3-12(14)15-13;5-3(6)1-2-4(7)8/h2-4,9-11H,5-8H2,1H3;1-2H,(H,5,6)(H,7,8)/b;2-1+. The predicted molar refractivity (Wildman–Crippen MR) is 94.6 cm³/mol. The summed E-state index contributed by atoms with van der Waals surface area (Å²) in [7, 11) is 2.25. The topological polar surface area (TPSA) is 100.0 Å². The predicted octanol–water partition coefficient (Wildman–Crippen LogP) is 2.56. The second-order valence-electron chi connectivity index (χ2n) is 6.07. The number of fused-ring (bicyclic) bond motifs is 2. The van der Waals surface area contributed by atoms with E-state index in [1.807, 2.05) is 18.2 Å². The number of halogens is 1. The number of pyridine rings is 1. The fraction of sp³-hybridized carbons (Fsp3) is 0.471. The summed E-state index contributed by atoms with van der Waals surface area (Å²) < 4.78 is 6.84. The van der Waals surface area contributed by atoms with E-state index in [1.165, 1.54) is 12.8 Å². The molecule has 2 fully saturated rings. The number of aliphatic carboxylic acids is 2. The number of carboxylic acids is 2. The molecule has 2 bridgehead atoms. The Kier molecular flexibility index (Phi) is 6.95. The van der Waals surface area contributed by atoms with Crippen LogP contribution in [0.4, 0.5) is 0 Å². The maximum atomic E-state index is 9.55. The van der Waals surface area contributed by atoms with Crippen molar-refractivity contribution in [3.8, 4) is 5.88 Å². The van der Waals surface area contributed by atoms with Crippen LogP contribution in [0.1, 0.15) is 25.7 Å². The number of hydrogen-bond donors (Lipinski definition) is 2. The van der Waals surface area contributed by atoms with Crippen molar-refractivity contribution in [2.45, 2.75) is 43.9 Å². The Hall–Kier alpha value is -1.93. The normalized spacial score (nSPS) is 25.3. The van der Waals surface area contributed by atoms with Crippen LogP contribution in [0.15, 0.2) is 35.0 Å². The zero-order valence-electron chi connectivity index (χ0n) is 13.8. The van der Waals surface area contributed by atoms with Gasteiger partial charge in [-0.25, -0.2) is 14.6 Å². The van der Waals surface area contributed by atoms with E-state index in [9.17, 15) is 9.59 Å². The number of hydrogen-bond acceptors (Lipinski definition) is 5. The number of rotatable bonds is 4. The van der Waals surface area contributed by atoms with E-state index < -0.39 is 11.9 Å². The molecule has 0 radical (unpaired) electrons. The molecule has 2 aliphatic rings. The van der Waals surface area contributed by atoms with Gasteiger partial charge in [0, 0.05) is 30.3 Å². The van der Waals surface area contributed by atoms with Gasteiger partial charge in [-0.3, -0.25) is 0 Å². The molecule has 0 aliphatic carbocycles. The first-order valence-corrected chi connectivity index (χ1v) is 8.79. The second kappa shape index (κ2) is 8.96. The van der Waals surface area contributed by atoms with E-state index in [-0.39, 0.29) is 0 Å². The molecule has 8 heteroatoms. The quantitative estimate of drug-likeness (QED) is 0.578. The Morgan fingerprint density at radius 3 is 2.24 bits per heavy atom. The number of aromatic nitrogens is 1. The van der Waals surface area contributed by atoms with Crippen molar-refractivity contribution in [1.29, 1.82) is 0 Å². The van der Waals surface area contributed by atoms with Crippen molar-refractivity contribution in [2.24, 2.45) is 0 Å². The Morgan fingerprint density at radius 1 is 1.20 bits per heavy atom. The van der Waals surface area contributed by atoms with Crippen molar-refractivity contribution >= 4 is 27.9 Å². The summed E-state index contributed by atoms with van der Waals surface area (Å²) in [6.07, 6.45) is 6.39. The van der Waals surface area contributed by atoms with Crippen molar-refractivity contribution in [3.05, 3.63) is 35.0 Å². The number of nitrogens with zero attached hydrogens (tertiary/aromatic N) is 2. The van der Waals surface area contributed by atoms with Gasteiger partial charge in [0.2, 0.25) is 5.88 Å². The monoisotopic (exact) mass is 412 g/mol. The Bertz CT molecular complexity index is 622. The Balaban J connectivity index is 0.000000242. The summed E-state index contributed by atoms with van der Waals surface area (Å²) in [5.41, 5.74) is 0. The van der Waals surface area contributed by atoms with E-state index >= 15 is 0 Å². The molecule has 2 atom stereocenters. The van der Waals surface area contributed by atoms with Gasteiger partial charge in [0.1, 0.15) is 10.7 Å². The number of carbonyl (C=O) groups is 2. The van der Waals surface area contributed by atoms with Crippen LogP contribution in [0.25, 0.3) is 0 Å². The SMILES string of the molecule is CN1C2CCC1CC(Oc1cccc(Br)n1)C2.O=C(O)/C=C/C(=O)O. The van der Waals surface area contributed by atoms with Crippen LogP contribution in [0.5, 0.6) is 5.88 Å². The molecule has 2 N–H and O–H groups in total. The maximum absolute atomic E-state index is 9.55. The fourth-order valence-corrected chi connectivity index (χ4v) is 3.55. The van der Waals surface area contributed by atoms with Gasteiger partial charge in [-0.15, -0.1) is 0 Å². The van der Waals surface area contributed by atoms with E-state index in [1.54, 1.807) is 0 Å². The van der Waals surface area contributed by atoms with E-state index in [0.29, 0.717) is 30.3 Å². The average molecular weight is 413 g/mol. The van der Waals surface area contributed by atoms with Crippen LogP contribution in [-0.2, 0) is 9.59 Å². The van der Waals surface area contributed by atoms with Crippen LogP contribution in [0, 0.1) is 0 Å². The molecule has 3 heterocycles. The van der Waals surface area contributed by atoms with Gasteiger partial charge in [0.25, 0.3) is 0 Å². The van der Waals surface area contributed by atoms with E-state index in [0.717, 1.165) is 23.3 Å². The van der Waals surface area contributed by atoms with Gasteiger partial charge in [-0.1, -0.05) is 6.07 Å². The van der Waals surface area contributed by atoms with E-state index in [4.69, 9.17) is 14.9 Å². The average Bonchev–Trinajstić information content (AvgIpc) is 2.75. The summed E-state index contributed by atoms with van der Waals surface area (Å²) in [6.45, 7) is 0. The Morgan fingerprint density at radius 2 is 1.76 bits per heavy atom. The highest BCUT2D eigenvalue weighted by atomic mass is 79.9. The minimum atomic E-state index is -1.26. The highest BCUT2D eigenvalue weighted by Crippen LogP contribution is 2.35.